The van der Waals surface area contributed by atoms with Crippen molar-refractivity contribution in [2.75, 3.05) is 0 Å². The molecule has 16 aromatic rings. The van der Waals surface area contributed by atoms with E-state index in [0.29, 0.717) is 0 Å². The third-order valence-electron chi connectivity index (χ3n) is 32.4. The second kappa shape index (κ2) is 40.2. The van der Waals surface area contributed by atoms with Crippen LogP contribution in [-0.4, -0.2) is 77.5 Å². The summed E-state index contributed by atoms with van der Waals surface area (Å²) >= 11 is 0. The van der Waals surface area contributed by atoms with Crippen molar-refractivity contribution in [3.05, 3.63) is 224 Å². The molecule has 16 heteroatoms. The van der Waals surface area contributed by atoms with Crippen LogP contribution in [0.2, 0.25) is 0 Å². The van der Waals surface area contributed by atoms with Gasteiger partial charge in [-0.15, -0.1) is 0 Å². The van der Waals surface area contributed by atoms with Crippen LogP contribution in [0.3, 0.4) is 0 Å². The number of H-pyrrole nitrogens is 2. The molecule has 0 atom stereocenters. The third-order valence-corrected chi connectivity index (χ3v) is 32.4. The number of rotatable bonds is 0. The zero-order valence-electron chi connectivity index (χ0n) is 101. The highest BCUT2D eigenvalue weighted by Crippen LogP contribution is 2.45. The maximum absolute atomic E-state index is 4.91. The van der Waals surface area contributed by atoms with Crippen LogP contribution in [0.4, 0.5) is 0 Å². The molecule has 0 saturated heterocycles. The van der Waals surface area contributed by atoms with E-state index < -0.39 is 0 Å². The second-order valence-corrected chi connectivity index (χ2v) is 50.7. The summed E-state index contributed by atoms with van der Waals surface area (Å²) in [5.41, 5.74) is 64.5. The lowest BCUT2D eigenvalue weighted by atomic mass is 9.79. The van der Waals surface area contributed by atoms with Gasteiger partial charge < -0.3 is 32.8 Å². The lowest BCUT2D eigenvalue weighted by Gasteiger charge is -2.26. The van der Waals surface area contributed by atoms with Crippen LogP contribution in [0.5, 0.6) is 0 Å². The minimum atomic E-state index is 0.0692. The van der Waals surface area contributed by atoms with Crippen molar-refractivity contribution in [2.24, 2.45) is 42.3 Å². The van der Waals surface area contributed by atoms with Crippen LogP contribution in [0.15, 0.2) is 0 Å². The minimum absolute atomic E-state index is 0.0692. The highest BCUT2D eigenvalue weighted by molar-refractivity contribution is 5.94. The molecule has 772 valence electrons. The quantitative estimate of drug-likeness (QED) is 0.151. The molecule has 16 nitrogen and oxygen atoms in total. The normalized spacial score (nSPS) is 12.4. The number of fused-ring (bicyclic) bond motifs is 8. The van der Waals surface area contributed by atoms with Gasteiger partial charge in [0.1, 0.15) is 40.8 Å². The number of aryl methyl sites for hydroxylation is 24. The van der Waals surface area contributed by atoms with Gasteiger partial charge in [0, 0.05) is 63.9 Å². The Morgan fingerprint density at radius 2 is 0.465 bits per heavy atom. The first-order valence-electron chi connectivity index (χ1n) is 51.9. The van der Waals surface area contributed by atoms with Crippen LogP contribution in [-0.2, 0) is 85.6 Å². The number of aromatic amines is 2. The van der Waals surface area contributed by atoms with Crippen LogP contribution < -0.4 is 0 Å². The topological polar surface area (TPSA) is 164 Å². The molecule has 0 saturated carbocycles. The van der Waals surface area contributed by atoms with Gasteiger partial charge in [-0.25, -0.2) is 34.9 Å². The van der Waals surface area contributed by atoms with Crippen molar-refractivity contribution in [1.82, 2.24) is 77.5 Å². The highest BCUT2D eigenvalue weighted by atomic mass is 15.3. The number of nitrogens with zero attached hydrogens (tertiary/aromatic N) is 14. The summed E-state index contributed by atoms with van der Waals surface area (Å²) in [5, 5.41) is 6.13. The molecule has 0 spiro atoms. The monoisotopic (exact) mass is 1930 g/mol. The molecule has 0 aliphatic rings. The van der Waals surface area contributed by atoms with Gasteiger partial charge in [0.2, 0.25) is 0 Å². The standard InChI is InChI=1S/6C16H24N2.2C15H22N2/c1-9-10(2)15-14(17-12(4)18(15)8)11(3)13(9)16(5,6)7;1-9-10(2)14-15(18(8)12(4)17-14)11(3)13(9)16(5,6)7;1-9-10(2)13(16(5,6)7)14-15(11(9)3)18(8)12(4)17-14;1-9-10(2)13(16(5,6)7)15-14(11(9)3)17-12(4)18(15)8;1-9-10(2)12(4)14-13(11(9)3)17-15(18(14)8)16(5,6)7;1-9-10(2)12(4)14-13(11(9)3)15(16(5,6)7)17-18(14)8;1-8-9(2)12(15(5,6)7)14-13(10(8)3)16-11(4)17-14;1-8-9(2)11(4)13-12(10(8)3)16-14(17-13)15(5,6)7/h6*1-8H3;2*1-7H3,(H,16,17). The highest BCUT2D eigenvalue weighted by Gasteiger charge is 2.34. The number of hydrogen-bond acceptors (Lipinski definition) is 8. The first kappa shape index (κ1) is 115. The summed E-state index contributed by atoms with van der Waals surface area (Å²) in [7, 11) is 12.6. The van der Waals surface area contributed by atoms with Gasteiger partial charge in [-0.3, -0.25) is 4.68 Å². The Morgan fingerprint density at radius 1 is 0.183 bits per heavy atom. The van der Waals surface area contributed by atoms with E-state index in [1.807, 2.05) is 11.6 Å². The summed E-state index contributed by atoms with van der Waals surface area (Å²) in [4.78, 5) is 40.3. The molecule has 0 fully saturated rings. The molecule has 0 bridgehead atoms. The fourth-order valence-corrected chi connectivity index (χ4v) is 22.7. The largest absolute Gasteiger partial charge is 0.342 e. The van der Waals surface area contributed by atoms with E-state index in [2.05, 4.69) is 461 Å². The summed E-state index contributed by atoms with van der Waals surface area (Å²) in [6, 6.07) is 0. The van der Waals surface area contributed by atoms with Crippen molar-refractivity contribution >= 4 is 88.1 Å². The van der Waals surface area contributed by atoms with Crippen LogP contribution in [0, 0.1) is 222 Å². The van der Waals surface area contributed by atoms with E-state index in [-0.39, 0.29) is 43.3 Å². The average molecular weight is 1930 g/mol. The molecular weight excluding hydrogens is 1740 g/mol. The average Bonchev–Trinajstić information content (AvgIpc) is 1.57. The smallest absolute Gasteiger partial charge is 0.115 e. The van der Waals surface area contributed by atoms with Gasteiger partial charge in [0.15, 0.2) is 0 Å². The molecule has 16 rings (SSSR count). The summed E-state index contributed by atoms with van der Waals surface area (Å²) < 4.78 is 13.2. The Kier molecular flexibility index (Phi) is 32.5. The Bertz CT molecular complexity index is 7540. The van der Waals surface area contributed by atoms with Crippen molar-refractivity contribution in [3.8, 4) is 0 Å². The third kappa shape index (κ3) is 21.2. The van der Waals surface area contributed by atoms with Crippen molar-refractivity contribution in [1.29, 1.82) is 0 Å². The Morgan fingerprint density at radius 3 is 0.880 bits per heavy atom. The number of nitrogens with one attached hydrogen (secondary N) is 2. The van der Waals surface area contributed by atoms with Crippen molar-refractivity contribution in [2.45, 2.75) is 431 Å². The first-order valence-corrected chi connectivity index (χ1v) is 51.9. The second-order valence-electron chi connectivity index (χ2n) is 50.7. The summed E-state index contributed by atoms with van der Waals surface area (Å²) in [5.74, 6) is 7.58. The predicted octanol–water partition coefficient (Wildman–Crippen LogP) is 32.8. The summed E-state index contributed by atoms with van der Waals surface area (Å²) in [6.45, 7) is 124. The van der Waals surface area contributed by atoms with E-state index in [1.165, 1.54) is 255 Å². The molecule has 0 radical (unpaired) electrons. The predicted molar refractivity (Wildman–Crippen MR) is 618 cm³/mol. The molecule has 2 N–H and O–H groups in total. The van der Waals surface area contributed by atoms with Gasteiger partial charge in [0.05, 0.1) is 88.4 Å². The molecule has 8 aromatic heterocycles. The molecule has 0 amide bonds. The van der Waals surface area contributed by atoms with Crippen molar-refractivity contribution < 1.29 is 0 Å². The van der Waals surface area contributed by atoms with Crippen LogP contribution in [0.1, 0.15) is 391 Å². The fraction of sp³-hybridized carbons (Fsp3) is 0.556. The van der Waals surface area contributed by atoms with Gasteiger partial charge in [-0.2, -0.15) is 5.10 Å². The Hall–Kier alpha value is -10.5. The zero-order chi connectivity index (χ0) is 109. The van der Waals surface area contributed by atoms with E-state index in [0.717, 1.165) is 57.3 Å². The summed E-state index contributed by atoms with van der Waals surface area (Å²) in [6.07, 6.45) is 0. The number of imidazole rings is 7. The minimum Gasteiger partial charge on any atom is -0.342 e. The molecular formula is C126H188N16. The number of hydrogen-bond donors (Lipinski definition) is 2. The first-order chi connectivity index (χ1) is 64.4. The van der Waals surface area contributed by atoms with Crippen LogP contribution >= 0.6 is 0 Å². The maximum Gasteiger partial charge on any atom is 0.115 e. The molecule has 0 aliphatic heterocycles. The van der Waals surface area contributed by atoms with E-state index >= 15 is 0 Å². The Labute approximate surface area is 858 Å². The van der Waals surface area contributed by atoms with Gasteiger partial charge in [-0.1, -0.05) is 166 Å². The molecule has 0 unspecified atom stereocenters. The molecule has 8 aromatic carbocycles. The van der Waals surface area contributed by atoms with Gasteiger partial charge in [-0.05, 0) is 427 Å². The lowest BCUT2D eigenvalue weighted by molar-refractivity contribution is 0.526. The SMILES string of the molecule is Cc1c(C(C)(C)C)c(C)c2c(nc(C)n2C)c1C.Cc1c(C(C)(C)C)c(C)c2nc(C)n(C)c2c1C.Cc1c(C)c(C(C)(C)C)c2c(nc(C)n2C)c1C.Cc1c(C)c(C)c2[nH]c(C(C)(C)C)nc2c1C.Cc1c(C)c(C)c2c(c(C(C)(C)C)nn2C)c1C.Cc1c(C)c(C)c2c(nc(C(C)(C)C)n2C)c1C.Cc1c(C)c(C)c2c(nc(C)n2C)c1C(C)(C)C.Cc1nc2c(C)c(C)c(C)c(C(C)(C)C)c2[nH]1. The van der Waals surface area contributed by atoms with Gasteiger partial charge in [0.25, 0.3) is 0 Å². The van der Waals surface area contributed by atoms with E-state index in [9.17, 15) is 0 Å². The Balaban J connectivity index is 0.000000181. The number of aromatic nitrogens is 16. The molecule has 0 aliphatic carbocycles. The van der Waals surface area contributed by atoms with E-state index in [4.69, 9.17) is 35.0 Å². The lowest BCUT2D eigenvalue weighted by Crippen LogP contribution is -2.17. The molecule has 8 heterocycles. The maximum atomic E-state index is 4.91. The van der Waals surface area contributed by atoms with Crippen LogP contribution in [0.25, 0.3) is 88.1 Å². The van der Waals surface area contributed by atoms with Gasteiger partial charge >= 0.3 is 0 Å². The zero-order valence-corrected chi connectivity index (χ0v) is 101. The van der Waals surface area contributed by atoms with E-state index in [1.54, 1.807) is 0 Å². The molecule has 142 heavy (non-hydrogen) atoms. The fourth-order valence-electron chi connectivity index (χ4n) is 22.7. The van der Waals surface area contributed by atoms with Crippen molar-refractivity contribution in [3.63, 3.8) is 0 Å². The number of benzene rings is 8.